The Hall–Kier alpha value is -6.44. The maximum Gasteiger partial charge on any atom is 0.0621 e. The van der Waals surface area contributed by atoms with Gasteiger partial charge in [0, 0.05) is 26.8 Å². The van der Waals surface area contributed by atoms with Crippen LogP contribution in [0.25, 0.3) is 60.3 Å². The van der Waals surface area contributed by atoms with Crippen molar-refractivity contribution in [2.75, 3.05) is 0 Å². The highest BCUT2D eigenvalue weighted by molar-refractivity contribution is 6.25. The number of nitrogens with zero attached hydrogens (tertiary/aromatic N) is 1. The molecule has 65 heavy (non-hydrogen) atoms. The van der Waals surface area contributed by atoms with E-state index in [0.717, 1.165) is 0 Å². The molecule has 0 bridgehead atoms. The van der Waals surface area contributed by atoms with Crippen molar-refractivity contribution in [3.8, 4) is 22.3 Å². The van der Waals surface area contributed by atoms with Crippen molar-refractivity contribution in [1.82, 2.24) is 4.40 Å². The minimum absolute atomic E-state index is 0.00878. The highest BCUT2D eigenvalue weighted by atomic mass is 14.9. The average Bonchev–Trinajstić information content (AvgIpc) is 3.78. The lowest BCUT2D eigenvalue weighted by molar-refractivity contribution is 0.568. The summed E-state index contributed by atoms with van der Waals surface area (Å²) in [4.78, 5) is 0. The van der Waals surface area contributed by atoms with Gasteiger partial charge in [-0.25, -0.2) is 0 Å². The van der Waals surface area contributed by atoms with E-state index in [1.54, 1.807) is 0 Å². The van der Waals surface area contributed by atoms with Gasteiger partial charge >= 0.3 is 0 Å². The summed E-state index contributed by atoms with van der Waals surface area (Å²) in [6.45, 7) is 28.1. The Kier molecular flexibility index (Phi) is 8.91. The van der Waals surface area contributed by atoms with Crippen molar-refractivity contribution in [3.63, 3.8) is 0 Å². The van der Waals surface area contributed by atoms with Crippen molar-refractivity contribution < 1.29 is 0 Å². The molecule has 0 fully saturated rings. The third kappa shape index (κ3) is 6.56. The molecule has 0 saturated carbocycles. The quantitative estimate of drug-likeness (QED) is 0.163. The summed E-state index contributed by atoms with van der Waals surface area (Å²) in [5.41, 5.74) is 14.4. The predicted molar refractivity (Wildman–Crippen MR) is 277 cm³/mol. The summed E-state index contributed by atoms with van der Waals surface area (Å²) in [7, 11) is 0. The molecular weight excluding hydrogens is 783 g/mol. The Morgan fingerprint density at radius 3 is 1.14 bits per heavy atom. The van der Waals surface area contributed by atoms with Crippen molar-refractivity contribution >= 4 is 38.1 Å². The van der Waals surface area contributed by atoms with Crippen LogP contribution in [0.1, 0.15) is 105 Å². The van der Waals surface area contributed by atoms with Gasteiger partial charge < -0.3 is 4.40 Å². The number of rotatable bonds is 2. The van der Waals surface area contributed by atoms with Gasteiger partial charge in [0.25, 0.3) is 0 Å². The summed E-state index contributed by atoms with van der Waals surface area (Å²) in [5, 5.41) is 15.4. The van der Waals surface area contributed by atoms with Crippen LogP contribution >= 0.6 is 0 Å². The molecule has 1 nitrogen and oxygen atoms in total. The SMILES string of the molecule is CC(C)(C)c1cc(-c2ccc3c(c2)c2cc(-c4cc(C(C)(C)C)cc(C(C)(C)C)c4)cc4c5c6c(ccc5n3c24)=c2ccccc2=c2ccccc2=c2ccccc2=6)cc(C(C)(C)C)c1. The lowest BCUT2D eigenvalue weighted by atomic mass is 9.78. The summed E-state index contributed by atoms with van der Waals surface area (Å²) in [5.74, 6) is 0. The third-order valence-corrected chi connectivity index (χ3v) is 14.5. The van der Waals surface area contributed by atoms with Crippen molar-refractivity contribution in [1.29, 1.82) is 0 Å². The second-order valence-electron chi connectivity index (χ2n) is 23.1. The van der Waals surface area contributed by atoms with E-state index in [9.17, 15) is 0 Å². The van der Waals surface area contributed by atoms with Crippen molar-refractivity contribution in [2.24, 2.45) is 0 Å². The van der Waals surface area contributed by atoms with E-state index in [-0.39, 0.29) is 21.7 Å². The lowest BCUT2D eigenvalue weighted by Gasteiger charge is -2.26. The Morgan fingerprint density at radius 1 is 0.292 bits per heavy atom. The van der Waals surface area contributed by atoms with Crippen molar-refractivity contribution in [2.45, 2.75) is 105 Å². The number of fused-ring (bicyclic) bond motifs is 11. The van der Waals surface area contributed by atoms with E-state index < -0.39 is 0 Å². The zero-order valence-corrected chi connectivity index (χ0v) is 40.4. The van der Waals surface area contributed by atoms with E-state index >= 15 is 0 Å². The molecule has 2 heterocycles. The standard InChI is InChI=1S/C64H61N/c1-61(2,3)42-29-39(30-43(36-42)62(4,5)6)38-25-27-56-53(33-38)54-34-41(40-31-44(63(7,8)9)37-45(32-40)64(10,11)12)35-55-59-57(65(56)60(54)55)28-26-52-50-23-16-15-21-48(50)46-19-13-14-20-47(46)49-22-17-18-24-51(49)58(52)59/h13-37H,1-12H3. The highest BCUT2D eigenvalue weighted by Gasteiger charge is 2.26. The maximum atomic E-state index is 2.59. The van der Waals surface area contributed by atoms with Crippen LogP contribution < -0.4 is 0 Å². The second-order valence-corrected chi connectivity index (χ2v) is 23.1. The van der Waals surface area contributed by atoms with Gasteiger partial charge in [-0.1, -0.05) is 204 Å². The molecule has 322 valence electrons. The Morgan fingerprint density at radius 2 is 0.662 bits per heavy atom. The number of hydrogen-bond donors (Lipinski definition) is 0. The van der Waals surface area contributed by atoms with Gasteiger partial charge in [-0.2, -0.15) is 0 Å². The molecule has 0 aliphatic heterocycles. The van der Waals surface area contributed by atoms with Crippen LogP contribution in [0.5, 0.6) is 0 Å². The molecule has 0 N–H and O–H groups in total. The Labute approximate surface area is 383 Å². The predicted octanol–water partition coefficient (Wildman–Crippen LogP) is 16.8. The van der Waals surface area contributed by atoms with E-state index in [4.69, 9.17) is 0 Å². The second kappa shape index (κ2) is 14.0. The van der Waals surface area contributed by atoms with Crippen molar-refractivity contribution in [3.05, 3.63) is 216 Å². The monoisotopic (exact) mass is 843 g/mol. The van der Waals surface area contributed by atoms with Crippen LogP contribution in [-0.4, -0.2) is 4.40 Å². The zero-order chi connectivity index (χ0) is 45.5. The fourth-order valence-electron chi connectivity index (χ4n) is 10.7. The largest absolute Gasteiger partial charge is 0.308 e. The van der Waals surface area contributed by atoms with Crippen LogP contribution in [-0.2, 0) is 21.7 Å². The first-order chi connectivity index (χ1) is 30.8. The van der Waals surface area contributed by atoms with Crippen LogP contribution in [0, 0.1) is 41.7 Å². The summed E-state index contributed by atoms with van der Waals surface area (Å²) in [6, 6.07) is 58.9. The van der Waals surface area contributed by atoms with E-state index in [1.807, 2.05) is 0 Å². The highest BCUT2D eigenvalue weighted by Crippen LogP contribution is 2.45. The van der Waals surface area contributed by atoms with Gasteiger partial charge in [-0.15, -0.1) is 0 Å². The fourth-order valence-corrected chi connectivity index (χ4v) is 10.7. The number of benzene rings is 8. The fraction of sp³-hybridized carbons (Fsp3) is 0.250. The molecule has 8 aromatic carbocycles. The molecule has 10 aromatic rings. The molecule has 2 aromatic heterocycles. The van der Waals surface area contributed by atoms with Crippen LogP contribution in [0.4, 0.5) is 0 Å². The molecule has 0 spiro atoms. The van der Waals surface area contributed by atoms with Crippen LogP contribution in [0.15, 0.2) is 152 Å². The molecule has 0 unspecified atom stereocenters. The summed E-state index contributed by atoms with van der Waals surface area (Å²) in [6.07, 6.45) is 0. The van der Waals surface area contributed by atoms with Gasteiger partial charge in [-0.3, -0.25) is 0 Å². The normalized spacial score (nSPS) is 13.2. The first kappa shape index (κ1) is 41.3. The average molecular weight is 844 g/mol. The van der Waals surface area contributed by atoms with Gasteiger partial charge in [0.05, 0.1) is 16.6 Å². The van der Waals surface area contributed by atoms with Gasteiger partial charge in [0.1, 0.15) is 0 Å². The summed E-state index contributed by atoms with van der Waals surface area (Å²) < 4.78 is 2.59. The number of hydrogen-bond acceptors (Lipinski definition) is 0. The Bertz CT molecular complexity index is 3950. The lowest BCUT2D eigenvalue weighted by Crippen LogP contribution is -2.16. The van der Waals surface area contributed by atoms with E-state index in [1.165, 1.54) is 124 Å². The first-order valence-corrected chi connectivity index (χ1v) is 23.7. The smallest absolute Gasteiger partial charge is 0.0621 e. The molecule has 1 aliphatic carbocycles. The minimum Gasteiger partial charge on any atom is -0.308 e. The molecule has 0 radical (unpaired) electrons. The Balaban J connectivity index is 1.37. The maximum absolute atomic E-state index is 2.59. The number of aromatic nitrogens is 1. The third-order valence-electron chi connectivity index (χ3n) is 14.5. The molecule has 11 rings (SSSR count). The molecule has 0 saturated heterocycles. The molecule has 1 heteroatoms. The molecular formula is C64H61N. The van der Waals surface area contributed by atoms with Gasteiger partial charge in [-0.05, 0) is 133 Å². The van der Waals surface area contributed by atoms with E-state index in [2.05, 4.69) is 239 Å². The van der Waals surface area contributed by atoms with Gasteiger partial charge in [0.2, 0.25) is 0 Å². The zero-order valence-electron chi connectivity index (χ0n) is 40.4. The topological polar surface area (TPSA) is 4.41 Å². The van der Waals surface area contributed by atoms with Crippen LogP contribution in [0.2, 0.25) is 0 Å². The molecule has 1 aliphatic rings. The molecule has 0 atom stereocenters. The molecule has 0 amide bonds. The summed E-state index contributed by atoms with van der Waals surface area (Å²) >= 11 is 0. The minimum atomic E-state index is -0.00878. The van der Waals surface area contributed by atoms with Gasteiger partial charge in [0.15, 0.2) is 0 Å². The van der Waals surface area contributed by atoms with Crippen LogP contribution in [0.3, 0.4) is 0 Å². The first-order valence-electron chi connectivity index (χ1n) is 23.7. The van der Waals surface area contributed by atoms with E-state index in [0.29, 0.717) is 0 Å².